The highest BCUT2D eigenvalue weighted by molar-refractivity contribution is 7.92. The Morgan fingerprint density at radius 2 is 1.93 bits per heavy atom. The number of nitrogens with zero attached hydrogens (tertiary/aromatic N) is 1. The molecule has 0 saturated heterocycles. The number of hydrogen-bond donors (Lipinski definition) is 2. The average Bonchev–Trinajstić information content (AvgIpc) is 2.67. The number of carbonyl (C=O) groups is 2. The molecular weight excluding hydrogens is 378 g/mol. The summed E-state index contributed by atoms with van der Waals surface area (Å²) in [5, 5.41) is 5.21. The highest BCUT2D eigenvalue weighted by Gasteiger charge is 2.24. The fourth-order valence-electron chi connectivity index (χ4n) is 3.70. The van der Waals surface area contributed by atoms with Gasteiger partial charge in [-0.05, 0) is 62.6 Å². The van der Waals surface area contributed by atoms with Gasteiger partial charge in [-0.2, -0.15) is 0 Å². The van der Waals surface area contributed by atoms with Gasteiger partial charge in [0.05, 0.1) is 11.9 Å². The molecular formula is C20H27N3O4S. The fraction of sp³-hybridized carbons (Fsp3) is 0.500. The number of benzene rings is 1. The van der Waals surface area contributed by atoms with Crippen molar-refractivity contribution in [3.05, 3.63) is 35.4 Å². The fourth-order valence-corrected chi connectivity index (χ4v) is 4.69. The van der Waals surface area contributed by atoms with Gasteiger partial charge in [0.1, 0.15) is 0 Å². The second-order valence-corrected chi connectivity index (χ2v) is 9.26. The van der Waals surface area contributed by atoms with E-state index in [1.807, 2.05) is 0 Å². The van der Waals surface area contributed by atoms with E-state index in [1.54, 1.807) is 18.2 Å². The average molecular weight is 406 g/mol. The van der Waals surface area contributed by atoms with E-state index in [1.165, 1.54) is 29.0 Å². The van der Waals surface area contributed by atoms with Gasteiger partial charge in [0.25, 0.3) is 0 Å². The summed E-state index contributed by atoms with van der Waals surface area (Å²) in [7, 11) is -3.39. The minimum absolute atomic E-state index is 0.407. The lowest BCUT2D eigenvalue weighted by molar-refractivity contribution is -0.136. The molecule has 0 unspecified atom stereocenters. The Hall–Kier alpha value is -2.35. The van der Waals surface area contributed by atoms with Crippen molar-refractivity contribution in [3.63, 3.8) is 0 Å². The molecule has 7 nitrogen and oxygen atoms in total. The summed E-state index contributed by atoms with van der Waals surface area (Å²) in [6.45, 7) is 0.851. The monoisotopic (exact) mass is 405 g/mol. The van der Waals surface area contributed by atoms with Crippen molar-refractivity contribution in [2.24, 2.45) is 0 Å². The van der Waals surface area contributed by atoms with Crippen LogP contribution in [0.1, 0.15) is 44.1 Å². The highest BCUT2D eigenvalue weighted by Crippen LogP contribution is 2.31. The Labute approximate surface area is 166 Å². The third-order valence-corrected chi connectivity index (χ3v) is 6.32. The molecule has 1 heterocycles. The number of aryl methyl sites for hydroxylation is 1. The maximum absolute atomic E-state index is 12.2. The summed E-state index contributed by atoms with van der Waals surface area (Å²) in [6.07, 6.45) is 10.2. The Morgan fingerprint density at radius 3 is 2.64 bits per heavy atom. The van der Waals surface area contributed by atoms with Crippen LogP contribution in [0, 0.1) is 0 Å². The third kappa shape index (κ3) is 5.13. The van der Waals surface area contributed by atoms with Crippen molar-refractivity contribution in [2.45, 2.75) is 44.9 Å². The smallest absolute Gasteiger partial charge is 0.313 e. The van der Waals surface area contributed by atoms with Crippen LogP contribution in [0.25, 0.3) is 0 Å². The van der Waals surface area contributed by atoms with Gasteiger partial charge >= 0.3 is 11.8 Å². The van der Waals surface area contributed by atoms with Crippen LogP contribution in [0.3, 0.4) is 0 Å². The number of rotatable bonds is 5. The first-order chi connectivity index (χ1) is 13.3. The molecule has 2 N–H and O–H groups in total. The van der Waals surface area contributed by atoms with Crippen LogP contribution in [0.4, 0.5) is 11.4 Å². The minimum atomic E-state index is -3.39. The standard InChI is InChI=1S/C20H27N3O4S/c1-28(26,27)23-13-5-8-16-9-10-17(14-18(16)23)22-20(25)19(24)21-12-11-15-6-3-2-4-7-15/h6,9-10,14H,2-5,7-8,11-13H2,1H3,(H,21,24)(H,22,25). The molecule has 0 aromatic heterocycles. The van der Waals surface area contributed by atoms with E-state index in [4.69, 9.17) is 0 Å². The third-order valence-electron chi connectivity index (χ3n) is 5.14. The molecule has 0 spiro atoms. The van der Waals surface area contributed by atoms with Crippen molar-refractivity contribution < 1.29 is 18.0 Å². The predicted molar refractivity (Wildman–Crippen MR) is 110 cm³/mol. The number of amides is 2. The van der Waals surface area contributed by atoms with Crippen molar-refractivity contribution >= 4 is 33.2 Å². The van der Waals surface area contributed by atoms with Gasteiger partial charge in [0, 0.05) is 18.8 Å². The molecule has 0 fully saturated rings. The van der Waals surface area contributed by atoms with Gasteiger partial charge < -0.3 is 10.6 Å². The molecule has 2 aliphatic rings. The van der Waals surface area contributed by atoms with Crippen LogP contribution in [-0.2, 0) is 26.0 Å². The topological polar surface area (TPSA) is 95.6 Å². The summed E-state index contributed by atoms with van der Waals surface area (Å²) >= 11 is 0. The van der Waals surface area contributed by atoms with E-state index in [0.717, 1.165) is 37.7 Å². The SMILES string of the molecule is CS(=O)(=O)N1CCCc2ccc(NC(=O)C(=O)NCCC3=CCCCC3)cc21. The lowest BCUT2D eigenvalue weighted by Crippen LogP contribution is -2.36. The number of anilines is 2. The zero-order valence-corrected chi connectivity index (χ0v) is 17.0. The number of fused-ring (bicyclic) bond motifs is 1. The highest BCUT2D eigenvalue weighted by atomic mass is 32.2. The van der Waals surface area contributed by atoms with E-state index in [2.05, 4.69) is 16.7 Å². The van der Waals surface area contributed by atoms with Crippen molar-refractivity contribution in [1.29, 1.82) is 0 Å². The Morgan fingerprint density at radius 1 is 1.11 bits per heavy atom. The molecule has 1 aliphatic heterocycles. The molecule has 152 valence electrons. The summed E-state index contributed by atoms with van der Waals surface area (Å²) in [4.78, 5) is 24.2. The lowest BCUT2D eigenvalue weighted by Gasteiger charge is -2.29. The van der Waals surface area contributed by atoms with Gasteiger partial charge in [0.2, 0.25) is 10.0 Å². The first-order valence-corrected chi connectivity index (χ1v) is 11.6. The normalized spacial score (nSPS) is 16.8. The van der Waals surface area contributed by atoms with Crippen LogP contribution in [0.15, 0.2) is 29.8 Å². The quantitative estimate of drug-likeness (QED) is 0.581. The van der Waals surface area contributed by atoms with Crippen LogP contribution in [0.2, 0.25) is 0 Å². The first-order valence-electron chi connectivity index (χ1n) is 9.72. The number of sulfonamides is 1. The van der Waals surface area contributed by atoms with Gasteiger partial charge in [0.15, 0.2) is 0 Å². The molecule has 0 atom stereocenters. The molecule has 1 aliphatic carbocycles. The van der Waals surface area contributed by atoms with Crippen molar-refractivity contribution in [3.8, 4) is 0 Å². The summed E-state index contributed by atoms with van der Waals surface area (Å²) in [5.41, 5.74) is 3.23. The first kappa shape index (κ1) is 20.4. The maximum atomic E-state index is 12.2. The Balaban J connectivity index is 1.59. The van der Waals surface area contributed by atoms with E-state index < -0.39 is 21.8 Å². The van der Waals surface area contributed by atoms with E-state index >= 15 is 0 Å². The second kappa shape index (κ2) is 8.77. The predicted octanol–water partition coefficient (Wildman–Crippen LogP) is 2.34. The minimum Gasteiger partial charge on any atom is -0.348 e. The van der Waals surface area contributed by atoms with E-state index in [-0.39, 0.29) is 0 Å². The summed E-state index contributed by atoms with van der Waals surface area (Å²) in [6, 6.07) is 5.12. The maximum Gasteiger partial charge on any atom is 0.313 e. The molecule has 1 aromatic rings. The van der Waals surface area contributed by atoms with Crippen LogP contribution in [-0.4, -0.2) is 39.6 Å². The summed E-state index contributed by atoms with van der Waals surface area (Å²) < 4.78 is 25.4. The lowest BCUT2D eigenvalue weighted by atomic mass is 9.97. The van der Waals surface area contributed by atoms with Gasteiger partial charge in [-0.25, -0.2) is 8.42 Å². The molecule has 8 heteroatoms. The molecule has 0 bridgehead atoms. The van der Waals surface area contributed by atoms with E-state index in [0.29, 0.717) is 24.5 Å². The number of nitrogens with one attached hydrogen (secondary N) is 2. The molecule has 28 heavy (non-hydrogen) atoms. The van der Waals surface area contributed by atoms with Crippen LogP contribution >= 0.6 is 0 Å². The molecule has 3 rings (SSSR count). The molecule has 0 saturated carbocycles. The largest absolute Gasteiger partial charge is 0.348 e. The molecule has 1 aromatic carbocycles. The van der Waals surface area contributed by atoms with Gasteiger partial charge in [-0.3, -0.25) is 13.9 Å². The Bertz CT molecular complexity index is 893. The Kier molecular flexibility index (Phi) is 6.39. The molecule has 2 amide bonds. The van der Waals surface area contributed by atoms with Crippen molar-refractivity contribution in [1.82, 2.24) is 5.32 Å². The zero-order valence-electron chi connectivity index (χ0n) is 16.2. The number of hydrogen-bond acceptors (Lipinski definition) is 4. The van der Waals surface area contributed by atoms with E-state index in [9.17, 15) is 18.0 Å². The zero-order chi connectivity index (χ0) is 20.1. The number of allylic oxidation sites excluding steroid dienone is 1. The van der Waals surface area contributed by atoms with Gasteiger partial charge in [-0.15, -0.1) is 0 Å². The number of carbonyl (C=O) groups excluding carboxylic acids is 2. The van der Waals surface area contributed by atoms with Gasteiger partial charge in [-0.1, -0.05) is 17.7 Å². The van der Waals surface area contributed by atoms with Crippen LogP contribution < -0.4 is 14.9 Å². The van der Waals surface area contributed by atoms with Crippen LogP contribution in [0.5, 0.6) is 0 Å². The molecule has 0 radical (unpaired) electrons. The van der Waals surface area contributed by atoms with Crippen molar-refractivity contribution in [2.75, 3.05) is 29.0 Å². The second-order valence-electron chi connectivity index (χ2n) is 7.35. The summed E-state index contributed by atoms with van der Waals surface area (Å²) in [5.74, 6) is -1.44.